The molecule has 1 amide bonds. The van der Waals surface area contributed by atoms with Crippen LogP contribution in [0.25, 0.3) is 0 Å². The Morgan fingerprint density at radius 3 is 2.10 bits per heavy atom. The van der Waals surface area contributed by atoms with Gasteiger partial charge in [0.15, 0.2) is 0 Å². The number of hydrogen-bond acceptors (Lipinski definition) is 4. The zero-order valence-electron chi connectivity index (χ0n) is 13.0. The molecular weight excluding hydrogens is 290 g/mol. The topological polar surface area (TPSA) is 69.7 Å². The largest absolute Gasteiger partial charge is 0.378 e. The van der Waals surface area contributed by atoms with Crippen molar-refractivity contribution in [3.8, 4) is 0 Å². The van der Waals surface area contributed by atoms with E-state index >= 15 is 0 Å². The summed E-state index contributed by atoms with van der Waals surface area (Å²) in [5.74, 6) is -0.0896. The number of carbonyl (C=O) groups excluding carboxylic acids is 1. The van der Waals surface area contributed by atoms with E-state index in [0.29, 0.717) is 6.54 Å². The minimum absolute atomic E-state index is 0.0323. The van der Waals surface area contributed by atoms with Gasteiger partial charge in [0.2, 0.25) is 15.9 Å². The van der Waals surface area contributed by atoms with E-state index < -0.39 is 10.0 Å². The van der Waals surface area contributed by atoms with Crippen LogP contribution in [-0.2, 0) is 14.8 Å². The fourth-order valence-corrected chi connectivity index (χ4v) is 2.42. The normalized spacial score (nSPS) is 11.2. The van der Waals surface area contributed by atoms with Crippen molar-refractivity contribution in [2.45, 2.75) is 13.8 Å². The Bertz CT molecular complexity index is 568. The number of carbonyl (C=O) groups is 1. The Balaban J connectivity index is 2.76. The summed E-state index contributed by atoms with van der Waals surface area (Å²) in [4.78, 5) is 15.2. The zero-order chi connectivity index (χ0) is 16.0. The summed E-state index contributed by atoms with van der Waals surface area (Å²) < 4.78 is 25.2. The molecule has 1 aromatic rings. The lowest BCUT2D eigenvalue weighted by atomic mass is 10.2. The first-order valence-corrected chi connectivity index (χ1v) is 8.45. The molecule has 21 heavy (non-hydrogen) atoms. The number of rotatable bonds is 7. The highest BCUT2D eigenvalue weighted by molar-refractivity contribution is 7.89. The molecule has 118 valence electrons. The van der Waals surface area contributed by atoms with Crippen LogP contribution in [0.2, 0.25) is 0 Å². The smallest absolute Gasteiger partial charge is 0.223 e. The van der Waals surface area contributed by atoms with Crippen LogP contribution in [0.15, 0.2) is 24.3 Å². The Morgan fingerprint density at radius 1 is 1.14 bits per heavy atom. The van der Waals surface area contributed by atoms with Gasteiger partial charge in [-0.15, -0.1) is 0 Å². The Hall–Kier alpha value is -1.60. The average Bonchev–Trinajstić information content (AvgIpc) is 2.43. The Morgan fingerprint density at radius 2 is 1.67 bits per heavy atom. The summed E-state index contributed by atoms with van der Waals surface area (Å²) in [6, 6.07) is 7.54. The van der Waals surface area contributed by atoms with E-state index in [9.17, 15) is 13.2 Å². The highest BCUT2D eigenvalue weighted by Crippen LogP contribution is 2.19. The molecule has 1 N–H and O–H groups in total. The standard InChI is InChI=1S/C14H23N3O3S/c1-5-21(19,20)15-10-11-17(12(2)18)14-8-6-13(7-9-14)16(3)4/h6-9,15H,5,10-11H2,1-4H3. The molecule has 0 saturated carbocycles. The van der Waals surface area contributed by atoms with Crippen molar-refractivity contribution < 1.29 is 13.2 Å². The molecule has 0 atom stereocenters. The second-order valence-corrected chi connectivity index (χ2v) is 6.97. The number of nitrogens with zero attached hydrogens (tertiary/aromatic N) is 2. The van der Waals surface area contributed by atoms with Crippen molar-refractivity contribution in [2.75, 3.05) is 42.7 Å². The highest BCUT2D eigenvalue weighted by atomic mass is 32.2. The molecular formula is C14H23N3O3S. The molecule has 1 rings (SSSR count). The number of benzene rings is 1. The first kappa shape index (κ1) is 17.5. The summed E-state index contributed by atoms with van der Waals surface area (Å²) in [5, 5.41) is 0. The van der Waals surface area contributed by atoms with Crippen molar-refractivity contribution >= 4 is 27.3 Å². The maximum absolute atomic E-state index is 11.7. The number of sulfonamides is 1. The lowest BCUT2D eigenvalue weighted by Crippen LogP contribution is -2.38. The fourth-order valence-electron chi connectivity index (χ4n) is 1.81. The molecule has 7 heteroatoms. The van der Waals surface area contributed by atoms with Gasteiger partial charge in [0.1, 0.15) is 0 Å². The molecule has 0 radical (unpaired) electrons. The molecule has 0 heterocycles. The van der Waals surface area contributed by atoms with Crippen molar-refractivity contribution in [1.82, 2.24) is 4.72 Å². The molecule has 0 aromatic heterocycles. The predicted molar refractivity (Wildman–Crippen MR) is 86.3 cm³/mol. The van der Waals surface area contributed by atoms with Gasteiger partial charge in [-0.05, 0) is 31.2 Å². The first-order valence-electron chi connectivity index (χ1n) is 6.79. The summed E-state index contributed by atoms with van der Waals surface area (Å²) in [5.41, 5.74) is 1.79. The SMILES string of the molecule is CCS(=O)(=O)NCCN(C(C)=O)c1ccc(N(C)C)cc1. The number of nitrogens with one attached hydrogen (secondary N) is 1. The van der Waals surface area contributed by atoms with E-state index in [-0.39, 0.29) is 18.2 Å². The van der Waals surface area contributed by atoms with Gasteiger partial charge in [0, 0.05) is 45.5 Å². The molecule has 0 spiro atoms. The Labute approximate surface area is 126 Å². The monoisotopic (exact) mass is 313 g/mol. The van der Waals surface area contributed by atoms with Crippen LogP contribution < -0.4 is 14.5 Å². The summed E-state index contributed by atoms with van der Waals surface area (Å²) in [6.45, 7) is 3.54. The van der Waals surface area contributed by atoms with E-state index in [2.05, 4.69) is 4.72 Å². The molecule has 6 nitrogen and oxygen atoms in total. The van der Waals surface area contributed by atoms with Gasteiger partial charge in [0.25, 0.3) is 0 Å². The van der Waals surface area contributed by atoms with E-state index in [0.717, 1.165) is 11.4 Å². The summed E-state index contributed by atoms with van der Waals surface area (Å²) >= 11 is 0. The molecule has 0 fully saturated rings. The van der Waals surface area contributed by atoms with E-state index in [1.165, 1.54) is 6.92 Å². The van der Waals surface area contributed by atoms with Gasteiger partial charge in [-0.1, -0.05) is 0 Å². The van der Waals surface area contributed by atoms with Gasteiger partial charge in [-0.3, -0.25) is 4.79 Å². The molecule has 0 unspecified atom stereocenters. The van der Waals surface area contributed by atoms with Crippen molar-refractivity contribution in [3.05, 3.63) is 24.3 Å². The van der Waals surface area contributed by atoms with Crippen LogP contribution in [0.4, 0.5) is 11.4 Å². The van der Waals surface area contributed by atoms with E-state index in [4.69, 9.17) is 0 Å². The highest BCUT2D eigenvalue weighted by Gasteiger charge is 2.13. The molecule has 0 aliphatic heterocycles. The molecule has 0 aliphatic carbocycles. The van der Waals surface area contributed by atoms with Crippen LogP contribution in [-0.4, -0.2) is 47.3 Å². The summed E-state index contributed by atoms with van der Waals surface area (Å²) in [6.07, 6.45) is 0. The molecule has 0 saturated heterocycles. The average molecular weight is 313 g/mol. The maximum Gasteiger partial charge on any atom is 0.223 e. The van der Waals surface area contributed by atoms with Crippen molar-refractivity contribution in [1.29, 1.82) is 0 Å². The van der Waals surface area contributed by atoms with Gasteiger partial charge >= 0.3 is 0 Å². The van der Waals surface area contributed by atoms with Crippen LogP contribution in [0.5, 0.6) is 0 Å². The van der Waals surface area contributed by atoms with Gasteiger partial charge in [0.05, 0.1) is 5.75 Å². The molecule has 0 aliphatic rings. The van der Waals surface area contributed by atoms with Crippen molar-refractivity contribution in [2.24, 2.45) is 0 Å². The molecule has 0 bridgehead atoms. The minimum Gasteiger partial charge on any atom is -0.378 e. The van der Waals surface area contributed by atoms with Crippen LogP contribution >= 0.6 is 0 Å². The van der Waals surface area contributed by atoms with Gasteiger partial charge < -0.3 is 9.80 Å². The number of hydrogen-bond donors (Lipinski definition) is 1. The zero-order valence-corrected chi connectivity index (χ0v) is 13.8. The number of amides is 1. The second-order valence-electron chi connectivity index (χ2n) is 4.88. The summed E-state index contributed by atoms with van der Waals surface area (Å²) in [7, 11) is 0.648. The van der Waals surface area contributed by atoms with Crippen LogP contribution in [0.3, 0.4) is 0 Å². The van der Waals surface area contributed by atoms with Crippen LogP contribution in [0, 0.1) is 0 Å². The van der Waals surface area contributed by atoms with Gasteiger partial charge in [-0.2, -0.15) is 0 Å². The lowest BCUT2D eigenvalue weighted by Gasteiger charge is -2.22. The quantitative estimate of drug-likeness (QED) is 0.817. The predicted octanol–water partition coefficient (Wildman–Crippen LogP) is 1.04. The Kier molecular flexibility index (Phi) is 6.17. The maximum atomic E-state index is 11.7. The number of anilines is 2. The van der Waals surface area contributed by atoms with Crippen LogP contribution in [0.1, 0.15) is 13.8 Å². The fraction of sp³-hybridized carbons (Fsp3) is 0.500. The minimum atomic E-state index is -3.24. The first-order chi connectivity index (χ1) is 9.76. The third kappa shape index (κ3) is 5.35. The van der Waals surface area contributed by atoms with Gasteiger partial charge in [-0.25, -0.2) is 13.1 Å². The third-order valence-electron chi connectivity index (χ3n) is 3.10. The van der Waals surface area contributed by atoms with E-state index in [1.807, 2.05) is 43.3 Å². The lowest BCUT2D eigenvalue weighted by molar-refractivity contribution is -0.116. The molecule has 1 aromatic carbocycles. The second kappa shape index (κ2) is 7.42. The third-order valence-corrected chi connectivity index (χ3v) is 4.50. The van der Waals surface area contributed by atoms with E-state index in [1.54, 1.807) is 11.8 Å². The van der Waals surface area contributed by atoms with Crippen molar-refractivity contribution in [3.63, 3.8) is 0 Å².